The lowest BCUT2D eigenvalue weighted by Crippen LogP contribution is -2.38. The van der Waals surface area contributed by atoms with Gasteiger partial charge in [-0.25, -0.2) is 39.7 Å². The van der Waals surface area contributed by atoms with Crippen molar-refractivity contribution in [2.45, 2.75) is 75.4 Å². The molecule has 338 valence electrons. The maximum Gasteiger partial charge on any atom is 0.293 e. The molecule has 0 spiro atoms. The Morgan fingerprint density at radius 3 is 2.39 bits per heavy atom. The maximum absolute atomic E-state index is 15.5. The number of carbonyl (C=O) groups is 1. The summed E-state index contributed by atoms with van der Waals surface area (Å²) >= 11 is 6.58. The molecule has 3 atom stereocenters. The van der Waals surface area contributed by atoms with E-state index in [0.717, 1.165) is 33.2 Å². The molecule has 1 amide bonds. The largest absolute Gasteiger partial charge is 0.381 e. The minimum Gasteiger partial charge on any atom is -0.381 e. The first-order valence-corrected chi connectivity index (χ1v) is 22.2. The highest BCUT2D eigenvalue weighted by Crippen LogP contribution is 2.68. The van der Waals surface area contributed by atoms with E-state index in [1.807, 2.05) is 0 Å². The molecule has 2 unspecified atom stereocenters. The molecule has 2 N–H and O–H groups in total. The van der Waals surface area contributed by atoms with E-state index in [9.17, 15) is 39.6 Å². The predicted molar refractivity (Wildman–Crippen MR) is 216 cm³/mol. The van der Waals surface area contributed by atoms with Crippen LogP contribution in [0.15, 0.2) is 53.3 Å². The number of sulfonamides is 1. The summed E-state index contributed by atoms with van der Waals surface area (Å²) in [6.45, 7) is -1.26. The number of nitrogens with one attached hydrogen (secondary N) is 2. The van der Waals surface area contributed by atoms with Gasteiger partial charge in [-0.05, 0) is 78.6 Å². The number of nitrogens with zero attached hydrogens (tertiary/aromatic N) is 6. The zero-order valence-corrected chi connectivity index (χ0v) is 34.8. The molecule has 2 fully saturated rings. The zero-order chi connectivity index (χ0) is 45.6. The van der Waals surface area contributed by atoms with Gasteiger partial charge < -0.3 is 10.1 Å². The van der Waals surface area contributed by atoms with Crippen LogP contribution in [0, 0.1) is 17.6 Å². The van der Waals surface area contributed by atoms with Crippen LogP contribution in [0.2, 0.25) is 5.02 Å². The Hall–Kier alpha value is -5.61. The molecule has 0 bridgehead atoms. The Labute approximate surface area is 362 Å². The van der Waals surface area contributed by atoms with Gasteiger partial charge in [0.2, 0.25) is 15.9 Å². The number of halogens is 9. The fourth-order valence-corrected chi connectivity index (χ4v) is 9.79. The molecule has 4 heterocycles. The SMILES string of the molecule is CS(=O)(=O)Nc1nn(CC(F)F)c2c(-n3c([C@H](Cc4cc(F)cc(F)c4)NC(=O)Cn4nc(C(F)F)c5c4C(F)(F)C4CC54)nc4cc(C5CCOCC5)ccc4c3=O)ccc(Cl)c12. The average Bonchev–Trinajstić information content (AvgIpc) is 3.74. The van der Waals surface area contributed by atoms with Crippen LogP contribution in [0.25, 0.3) is 27.5 Å². The number of fused-ring (bicyclic) bond motifs is 5. The second kappa shape index (κ2) is 16.1. The molecule has 6 aromatic rings. The van der Waals surface area contributed by atoms with E-state index >= 15 is 13.6 Å². The second-order valence-electron chi connectivity index (χ2n) is 16.1. The lowest BCUT2D eigenvalue weighted by atomic mass is 9.91. The highest BCUT2D eigenvalue weighted by molar-refractivity contribution is 7.92. The molecule has 1 saturated heterocycles. The van der Waals surface area contributed by atoms with Crippen molar-refractivity contribution in [3.63, 3.8) is 0 Å². The number of rotatable bonds is 13. The number of amides is 1. The fourth-order valence-electron chi connectivity index (χ4n) is 9.05. The van der Waals surface area contributed by atoms with Crippen molar-refractivity contribution in [1.29, 1.82) is 0 Å². The van der Waals surface area contributed by atoms with E-state index in [0.29, 0.717) is 36.8 Å². The molecule has 3 aliphatic rings. The summed E-state index contributed by atoms with van der Waals surface area (Å²) in [7, 11) is -4.11. The number of hydrogen-bond donors (Lipinski definition) is 2. The summed E-state index contributed by atoms with van der Waals surface area (Å²) in [5.74, 6) is -9.75. The predicted octanol–water partition coefficient (Wildman–Crippen LogP) is 7.64. The summed E-state index contributed by atoms with van der Waals surface area (Å²) in [6, 6.07) is 8.12. The van der Waals surface area contributed by atoms with Gasteiger partial charge in [-0.2, -0.15) is 19.0 Å². The summed E-state index contributed by atoms with van der Waals surface area (Å²) in [6.07, 6.45) is -4.87. The molecule has 23 heteroatoms. The third-order valence-corrected chi connectivity index (χ3v) is 12.6. The molecular weight excluding hydrogens is 904 g/mol. The molecule has 3 aromatic carbocycles. The monoisotopic (exact) mass is 938 g/mol. The van der Waals surface area contributed by atoms with Crippen molar-refractivity contribution in [3.05, 3.63) is 109 Å². The van der Waals surface area contributed by atoms with E-state index in [-0.39, 0.29) is 61.8 Å². The van der Waals surface area contributed by atoms with Crippen LogP contribution in [0.1, 0.15) is 77.5 Å². The van der Waals surface area contributed by atoms with E-state index in [4.69, 9.17) is 21.3 Å². The minimum atomic E-state index is -4.11. The molecule has 9 rings (SSSR count). The van der Waals surface area contributed by atoms with E-state index in [1.54, 1.807) is 12.1 Å². The molecule has 0 radical (unpaired) electrons. The number of carbonyl (C=O) groups excluding carboxylic acids is 1. The Morgan fingerprint density at radius 1 is 1.00 bits per heavy atom. The molecule has 64 heavy (non-hydrogen) atoms. The van der Waals surface area contributed by atoms with Crippen molar-refractivity contribution >= 4 is 55.2 Å². The van der Waals surface area contributed by atoms with Crippen LogP contribution in [0.5, 0.6) is 0 Å². The number of alkyl halides is 6. The zero-order valence-electron chi connectivity index (χ0n) is 33.3. The van der Waals surface area contributed by atoms with Gasteiger partial charge in [-0.3, -0.25) is 28.2 Å². The first-order chi connectivity index (χ1) is 30.3. The Kier molecular flexibility index (Phi) is 11.0. The summed E-state index contributed by atoms with van der Waals surface area (Å²) in [4.78, 5) is 34.1. The van der Waals surface area contributed by atoms with Gasteiger partial charge in [0.25, 0.3) is 24.3 Å². The normalized spacial score (nSPS) is 18.8. The molecule has 1 aliphatic heterocycles. The molecule has 13 nitrogen and oxygen atoms in total. The van der Waals surface area contributed by atoms with E-state index in [1.165, 1.54) is 18.2 Å². The molecular formula is C41H35ClF8N8O5S. The van der Waals surface area contributed by atoms with Crippen molar-refractivity contribution in [1.82, 2.24) is 34.4 Å². The smallest absolute Gasteiger partial charge is 0.293 e. The Balaban J connectivity index is 1.26. The lowest BCUT2D eigenvalue weighted by molar-refractivity contribution is -0.123. The highest BCUT2D eigenvalue weighted by atomic mass is 35.5. The van der Waals surface area contributed by atoms with Crippen molar-refractivity contribution in [2.24, 2.45) is 5.92 Å². The first-order valence-electron chi connectivity index (χ1n) is 19.9. The Morgan fingerprint density at radius 2 is 1.72 bits per heavy atom. The van der Waals surface area contributed by atoms with Crippen LogP contribution < -0.4 is 15.6 Å². The number of anilines is 1. The molecule has 3 aromatic heterocycles. The second-order valence-corrected chi connectivity index (χ2v) is 18.3. The topological polar surface area (TPSA) is 155 Å². The van der Waals surface area contributed by atoms with Gasteiger partial charge in [-0.15, -0.1) is 0 Å². The highest BCUT2D eigenvalue weighted by Gasteiger charge is 2.67. The summed E-state index contributed by atoms with van der Waals surface area (Å²) in [5, 5.41) is 9.98. The fraction of sp³-hybridized carbons (Fsp3) is 0.390. The van der Waals surface area contributed by atoms with Crippen LogP contribution in [0.4, 0.5) is 40.9 Å². The average molecular weight is 939 g/mol. The van der Waals surface area contributed by atoms with Crippen molar-refractivity contribution < 1.29 is 53.1 Å². The quantitative estimate of drug-likeness (QED) is 0.112. The summed E-state index contributed by atoms with van der Waals surface area (Å²) < 4.78 is 152. The van der Waals surface area contributed by atoms with Crippen molar-refractivity contribution in [2.75, 3.05) is 24.2 Å². The third-order valence-electron chi connectivity index (χ3n) is 11.7. The maximum atomic E-state index is 15.5. The number of aromatic nitrogens is 6. The first kappa shape index (κ1) is 43.6. The van der Waals surface area contributed by atoms with E-state index in [2.05, 4.69) is 20.2 Å². The van der Waals surface area contributed by atoms with Crippen LogP contribution in [0.3, 0.4) is 0 Å². The van der Waals surface area contributed by atoms with E-state index < -0.39 is 106 Å². The van der Waals surface area contributed by atoms with Crippen LogP contribution in [-0.4, -0.2) is 69.3 Å². The molecule has 2 aliphatic carbocycles. The Bertz CT molecular complexity index is 3030. The number of ether oxygens (including phenoxy) is 1. The lowest BCUT2D eigenvalue weighted by Gasteiger charge is -2.25. The van der Waals surface area contributed by atoms with Gasteiger partial charge in [0, 0.05) is 37.2 Å². The van der Waals surface area contributed by atoms with Gasteiger partial charge >= 0.3 is 0 Å². The van der Waals surface area contributed by atoms with Crippen LogP contribution >= 0.6 is 11.6 Å². The van der Waals surface area contributed by atoms with Crippen molar-refractivity contribution in [3.8, 4) is 5.69 Å². The standard InChI is InChI=1S/C41H35ClF8N8O5S/c1-64(61,62)55-38-33-26(42)4-5-29(35(33)56(54-38)16-30(45)46)58-39(52-27-13-20(2-3-23(27)40(58)60)19-6-8-63-9-7-19)28(12-18-10-21(43)14-22(44)11-18)51-31(59)17-57-36-32(34(53-57)37(47)48)24-15-25(24)41(36,49)50/h2-5,10-11,13-14,19,24-25,28,30,37H,6-9,12,15-17H2,1H3,(H,51,59)(H,54,55)/t24?,25?,28-/m0/s1. The van der Waals surface area contributed by atoms with Gasteiger partial charge in [0.1, 0.15) is 41.9 Å². The van der Waals surface area contributed by atoms with Gasteiger partial charge in [0.05, 0.1) is 44.8 Å². The van der Waals surface area contributed by atoms with Gasteiger partial charge in [-0.1, -0.05) is 17.7 Å². The molecule has 1 saturated carbocycles. The van der Waals surface area contributed by atoms with Crippen LogP contribution in [-0.2, 0) is 45.0 Å². The minimum absolute atomic E-state index is 0.0185. The number of benzene rings is 3. The summed E-state index contributed by atoms with van der Waals surface area (Å²) in [5.41, 5.74) is -2.73. The number of hydrogen-bond acceptors (Lipinski definition) is 8. The third kappa shape index (κ3) is 7.96. The van der Waals surface area contributed by atoms with Gasteiger partial charge in [0.15, 0.2) is 5.82 Å².